The smallest absolute Gasteiger partial charge is 0.309 e. The lowest BCUT2D eigenvalue weighted by Crippen LogP contribution is -2.28. The second kappa shape index (κ2) is 6.58. The molecular weight excluding hydrogens is 246 g/mol. The molecule has 100 valence electrons. The van der Waals surface area contributed by atoms with E-state index < -0.39 is 21.7 Å². The lowest BCUT2D eigenvalue weighted by molar-refractivity contribution is -0.144. The number of methoxy groups -OCH3 is 1. The van der Waals surface area contributed by atoms with Gasteiger partial charge in [0.15, 0.2) is 9.84 Å². The largest absolute Gasteiger partial charge is 0.469 e. The van der Waals surface area contributed by atoms with Gasteiger partial charge in [-0.3, -0.25) is 9.59 Å². The molecule has 0 aliphatic carbocycles. The summed E-state index contributed by atoms with van der Waals surface area (Å²) in [6.45, 7) is 1.48. The van der Waals surface area contributed by atoms with Gasteiger partial charge in [-0.15, -0.1) is 0 Å². The third-order valence-corrected chi connectivity index (χ3v) is 4.07. The molecule has 1 amide bonds. The minimum absolute atomic E-state index is 0.0662. The molecular formula is C10H19NO5S. The van der Waals surface area contributed by atoms with Crippen molar-refractivity contribution in [1.82, 2.24) is 4.90 Å². The summed E-state index contributed by atoms with van der Waals surface area (Å²) in [5.41, 5.74) is 0. The molecule has 1 atom stereocenters. The molecule has 1 unspecified atom stereocenters. The van der Waals surface area contributed by atoms with Crippen LogP contribution in [-0.4, -0.2) is 57.9 Å². The SMILES string of the molecule is COC(=O)C(C)CS(=O)(=O)CCC(=O)N(C)C. The molecule has 6 nitrogen and oxygen atoms in total. The van der Waals surface area contributed by atoms with Crippen molar-refractivity contribution >= 4 is 21.7 Å². The Morgan fingerprint density at radius 1 is 1.29 bits per heavy atom. The molecule has 7 heteroatoms. The summed E-state index contributed by atoms with van der Waals surface area (Å²) in [4.78, 5) is 23.6. The first-order valence-corrected chi connectivity index (χ1v) is 7.00. The minimum atomic E-state index is -3.41. The molecule has 0 aromatic heterocycles. The summed E-state index contributed by atoms with van der Waals surface area (Å²) < 4.78 is 27.7. The normalized spacial score (nSPS) is 12.9. The van der Waals surface area contributed by atoms with Crippen molar-refractivity contribution in [1.29, 1.82) is 0 Å². The van der Waals surface area contributed by atoms with Crippen molar-refractivity contribution in [3.63, 3.8) is 0 Å². The summed E-state index contributed by atoms with van der Waals surface area (Å²) in [7, 11) is 0.920. The maximum absolute atomic E-state index is 11.6. The molecule has 0 aliphatic rings. The molecule has 0 bridgehead atoms. The zero-order chi connectivity index (χ0) is 13.6. The first kappa shape index (κ1) is 15.9. The lowest BCUT2D eigenvalue weighted by Gasteiger charge is -2.12. The van der Waals surface area contributed by atoms with Gasteiger partial charge < -0.3 is 9.64 Å². The van der Waals surface area contributed by atoms with E-state index in [2.05, 4.69) is 4.74 Å². The fraction of sp³-hybridized carbons (Fsp3) is 0.800. The topological polar surface area (TPSA) is 80.8 Å². The monoisotopic (exact) mass is 265 g/mol. The maximum Gasteiger partial charge on any atom is 0.309 e. The van der Waals surface area contributed by atoms with E-state index in [1.807, 2.05) is 0 Å². The van der Waals surface area contributed by atoms with Gasteiger partial charge in [-0.2, -0.15) is 0 Å². The van der Waals surface area contributed by atoms with Crippen LogP contribution in [0.15, 0.2) is 0 Å². The molecule has 0 saturated heterocycles. The highest BCUT2D eigenvalue weighted by Gasteiger charge is 2.23. The number of hydrogen-bond donors (Lipinski definition) is 0. The van der Waals surface area contributed by atoms with Gasteiger partial charge in [0.2, 0.25) is 5.91 Å². The average Bonchev–Trinajstić information content (AvgIpc) is 2.23. The summed E-state index contributed by atoms with van der Waals surface area (Å²) in [6, 6.07) is 0. The van der Waals surface area contributed by atoms with Gasteiger partial charge in [0, 0.05) is 20.5 Å². The van der Waals surface area contributed by atoms with Crippen LogP contribution in [0.4, 0.5) is 0 Å². The number of ether oxygens (including phenoxy) is 1. The van der Waals surface area contributed by atoms with Gasteiger partial charge in [-0.25, -0.2) is 8.42 Å². The van der Waals surface area contributed by atoms with Crippen LogP contribution in [0.1, 0.15) is 13.3 Å². The predicted molar refractivity (Wildman–Crippen MR) is 63.1 cm³/mol. The van der Waals surface area contributed by atoms with Gasteiger partial charge >= 0.3 is 5.97 Å². The molecule has 0 aromatic carbocycles. The van der Waals surface area contributed by atoms with Gasteiger partial charge in [-0.05, 0) is 0 Å². The first-order valence-electron chi connectivity index (χ1n) is 5.18. The van der Waals surface area contributed by atoms with Crippen LogP contribution < -0.4 is 0 Å². The van der Waals surface area contributed by atoms with Crippen LogP contribution in [0.2, 0.25) is 0 Å². The molecule has 0 spiro atoms. The maximum atomic E-state index is 11.6. The second-order valence-corrected chi connectivity index (χ2v) is 6.31. The number of esters is 1. The van der Waals surface area contributed by atoms with E-state index in [9.17, 15) is 18.0 Å². The number of rotatable bonds is 6. The number of nitrogens with zero attached hydrogens (tertiary/aromatic N) is 1. The quantitative estimate of drug-likeness (QED) is 0.615. The molecule has 0 radical (unpaired) electrons. The van der Waals surface area contributed by atoms with E-state index >= 15 is 0 Å². The van der Waals surface area contributed by atoms with Crippen LogP contribution in [0.5, 0.6) is 0 Å². The molecule has 0 fully saturated rings. The third-order valence-electron chi connectivity index (χ3n) is 2.23. The van der Waals surface area contributed by atoms with Crippen LogP contribution in [0.3, 0.4) is 0 Å². The Bertz CT molecular complexity index is 374. The average molecular weight is 265 g/mol. The van der Waals surface area contributed by atoms with Gasteiger partial charge in [0.1, 0.15) is 0 Å². The highest BCUT2D eigenvalue weighted by molar-refractivity contribution is 7.91. The fourth-order valence-corrected chi connectivity index (χ4v) is 2.75. The Balaban J connectivity index is 4.31. The number of hydrogen-bond acceptors (Lipinski definition) is 5. The molecule has 0 saturated carbocycles. The molecule has 17 heavy (non-hydrogen) atoms. The van der Waals surface area contributed by atoms with Gasteiger partial charge in [-0.1, -0.05) is 6.92 Å². The van der Waals surface area contributed by atoms with E-state index in [4.69, 9.17) is 0 Å². The van der Waals surface area contributed by atoms with Crippen LogP contribution in [0, 0.1) is 5.92 Å². The van der Waals surface area contributed by atoms with Crippen molar-refractivity contribution in [3.05, 3.63) is 0 Å². The Kier molecular flexibility index (Phi) is 6.15. The van der Waals surface area contributed by atoms with E-state index in [-0.39, 0.29) is 23.8 Å². The van der Waals surface area contributed by atoms with Gasteiger partial charge in [0.25, 0.3) is 0 Å². The van der Waals surface area contributed by atoms with Gasteiger partial charge in [0.05, 0.1) is 24.5 Å². The molecule has 0 aliphatic heterocycles. The van der Waals surface area contributed by atoms with Crippen molar-refractivity contribution < 1.29 is 22.7 Å². The van der Waals surface area contributed by atoms with Crippen LogP contribution in [-0.2, 0) is 24.2 Å². The Hall–Kier alpha value is -1.11. The predicted octanol–water partition coefficient (Wildman–Crippen LogP) is -0.311. The number of carbonyl (C=O) groups excluding carboxylic acids is 2. The Labute approximate surface area is 102 Å². The minimum Gasteiger partial charge on any atom is -0.469 e. The van der Waals surface area contributed by atoms with E-state index in [0.717, 1.165) is 0 Å². The lowest BCUT2D eigenvalue weighted by atomic mass is 10.2. The number of carbonyl (C=O) groups is 2. The Morgan fingerprint density at radius 2 is 1.82 bits per heavy atom. The van der Waals surface area contributed by atoms with E-state index in [1.54, 1.807) is 14.1 Å². The third kappa shape index (κ3) is 6.25. The van der Waals surface area contributed by atoms with Crippen molar-refractivity contribution in [3.8, 4) is 0 Å². The summed E-state index contributed by atoms with van der Waals surface area (Å²) in [6.07, 6.45) is -0.0662. The summed E-state index contributed by atoms with van der Waals surface area (Å²) in [5, 5.41) is 0. The molecule has 0 heterocycles. The van der Waals surface area contributed by atoms with Crippen LogP contribution >= 0.6 is 0 Å². The summed E-state index contributed by atoms with van der Waals surface area (Å²) >= 11 is 0. The molecule has 0 rings (SSSR count). The first-order chi connectivity index (χ1) is 7.69. The zero-order valence-electron chi connectivity index (χ0n) is 10.6. The van der Waals surface area contributed by atoms with Crippen molar-refractivity contribution in [2.24, 2.45) is 5.92 Å². The van der Waals surface area contributed by atoms with E-state index in [0.29, 0.717) is 0 Å². The second-order valence-electron chi connectivity index (χ2n) is 4.08. The Morgan fingerprint density at radius 3 is 2.24 bits per heavy atom. The number of sulfone groups is 1. The van der Waals surface area contributed by atoms with Crippen molar-refractivity contribution in [2.45, 2.75) is 13.3 Å². The highest BCUT2D eigenvalue weighted by Crippen LogP contribution is 2.06. The standard InChI is InChI=1S/C10H19NO5S/c1-8(10(13)16-4)7-17(14,15)6-5-9(12)11(2)3/h8H,5-7H2,1-4H3. The van der Waals surface area contributed by atoms with Crippen molar-refractivity contribution in [2.75, 3.05) is 32.7 Å². The number of amides is 1. The summed E-state index contributed by atoms with van der Waals surface area (Å²) in [5.74, 6) is -2.06. The molecule has 0 aromatic rings. The molecule has 0 N–H and O–H groups in total. The van der Waals surface area contributed by atoms with Crippen LogP contribution in [0.25, 0.3) is 0 Å². The fourth-order valence-electron chi connectivity index (χ4n) is 1.20. The van der Waals surface area contributed by atoms with E-state index in [1.165, 1.54) is 18.9 Å². The highest BCUT2D eigenvalue weighted by atomic mass is 32.2. The zero-order valence-corrected chi connectivity index (χ0v) is 11.4.